The number of pyridine rings is 1. The monoisotopic (exact) mass is 567 g/mol. The Hall–Kier alpha value is -4.78. The number of hydrogen-bond donors (Lipinski definition) is 3. The third-order valence-electron chi connectivity index (χ3n) is 5.41. The largest absolute Gasteiger partial charge is 0.481 e. The zero-order chi connectivity index (χ0) is 29.8. The quantitative estimate of drug-likeness (QED) is 0.209. The van der Waals surface area contributed by atoms with Crippen LogP contribution in [0, 0.1) is 5.41 Å². The van der Waals surface area contributed by atoms with Crippen molar-refractivity contribution < 1.29 is 31.7 Å². The van der Waals surface area contributed by atoms with Crippen LogP contribution in [0.15, 0.2) is 60.7 Å². The minimum atomic E-state index is -4.07. The summed E-state index contributed by atoms with van der Waals surface area (Å²) in [5, 5.41) is 10.2. The van der Waals surface area contributed by atoms with Gasteiger partial charge in [0.2, 0.25) is 5.88 Å². The topological polar surface area (TPSA) is 182 Å². The number of nitrogens with one attached hydrogen (secondary N) is 2. The van der Waals surface area contributed by atoms with Gasteiger partial charge in [-0.05, 0) is 69.3 Å². The van der Waals surface area contributed by atoms with Crippen LogP contribution in [-0.2, 0) is 14.3 Å². The van der Waals surface area contributed by atoms with Gasteiger partial charge >= 0.3 is 16.1 Å². The molecule has 0 aliphatic rings. The normalized spacial score (nSPS) is 11.3. The lowest BCUT2D eigenvalue weighted by Crippen LogP contribution is -2.47. The minimum absolute atomic E-state index is 0.0415. The van der Waals surface area contributed by atoms with E-state index in [-0.39, 0.29) is 34.2 Å². The van der Waals surface area contributed by atoms with Crippen LogP contribution in [0.1, 0.15) is 57.5 Å². The number of anilines is 2. The molecule has 0 aliphatic carbocycles. The van der Waals surface area contributed by atoms with Gasteiger partial charge in [0, 0.05) is 28.4 Å². The SMILES string of the molecule is COc1ccc(N(C(=O)c2cccc(C(=O)OS(C)(=O)=O)c2)C(C)(C)C)c(C(=O)Nc2ccc(C(=N)N)cc2)n1. The molecule has 2 amide bonds. The smallest absolute Gasteiger partial charge is 0.353 e. The molecule has 1 heterocycles. The Morgan fingerprint density at radius 2 is 1.60 bits per heavy atom. The van der Waals surface area contributed by atoms with E-state index in [4.69, 9.17) is 15.9 Å². The van der Waals surface area contributed by atoms with E-state index in [0.717, 1.165) is 6.26 Å². The highest BCUT2D eigenvalue weighted by Crippen LogP contribution is 2.31. The van der Waals surface area contributed by atoms with E-state index in [1.54, 1.807) is 45.0 Å². The van der Waals surface area contributed by atoms with E-state index in [2.05, 4.69) is 14.5 Å². The molecule has 0 aliphatic heterocycles. The predicted octanol–water partition coefficient (Wildman–Crippen LogP) is 3.19. The van der Waals surface area contributed by atoms with Gasteiger partial charge in [-0.2, -0.15) is 8.42 Å². The third-order valence-corrected chi connectivity index (χ3v) is 5.87. The molecule has 0 fully saturated rings. The molecule has 40 heavy (non-hydrogen) atoms. The van der Waals surface area contributed by atoms with Crippen molar-refractivity contribution in [3.8, 4) is 5.88 Å². The number of nitrogens with two attached hydrogens (primary N) is 1. The molecule has 0 atom stereocenters. The van der Waals surface area contributed by atoms with E-state index < -0.39 is 33.4 Å². The average Bonchev–Trinajstić information content (AvgIpc) is 2.87. The van der Waals surface area contributed by atoms with E-state index in [1.807, 2.05) is 0 Å². The number of benzene rings is 2. The number of amides is 2. The molecule has 0 bridgehead atoms. The molecular formula is C27H29N5O7S. The minimum Gasteiger partial charge on any atom is -0.481 e. The molecule has 12 nitrogen and oxygen atoms in total. The van der Waals surface area contributed by atoms with E-state index in [0.29, 0.717) is 11.3 Å². The van der Waals surface area contributed by atoms with Gasteiger partial charge < -0.3 is 24.9 Å². The van der Waals surface area contributed by atoms with E-state index in [1.165, 1.54) is 48.4 Å². The molecule has 0 radical (unpaired) electrons. The van der Waals surface area contributed by atoms with Crippen LogP contribution in [0.4, 0.5) is 11.4 Å². The fourth-order valence-corrected chi connectivity index (χ4v) is 4.06. The number of hydrogen-bond acceptors (Lipinski definition) is 9. The first-order chi connectivity index (χ1) is 18.6. The maximum atomic E-state index is 13.9. The van der Waals surface area contributed by atoms with Gasteiger partial charge in [-0.3, -0.25) is 15.0 Å². The number of carbonyl (C=O) groups excluding carboxylic acids is 3. The van der Waals surface area contributed by atoms with Crippen LogP contribution in [0.3, 0.4) is 0 Å². The highest BCUT2D eigenvalue weighted by Gasteiger charge is 2.33. The Labute approximate surface area is 231 Å². The van der Waals surface area contributed by atoms with E-state index in [9.17, 15) is 22.8 Å². The van der Waals surface area contributed by atoms with Gasteiger partial charge in [0.05, 0.1) is 24.6 Å². The van der Waals surface area contributed by atoms with Gasteiger partial charge in [0.1, 0.15) is 5.84 Å². The summed E-state index contributed by atoms with van der Waals surface area (Å²) in [5.41, 5.74) is 5.40. The Bertz CT molecular complexity index is 1580. The lowest BCUT2D eigenvalue weighted by Gasteiger charge is -2.36. The summed E-state index contributed by atoms with van der Waals surface area (Å²) in [5.74, 6) is -2.36. The fraction of sp³-hybridized carbons (Fsp3) is 0.222. The zero-order valence-corrected chi connectivity index (χ0v) is 23.3. The number of ether oxygens (including phenoxy) is 1. The van der Waals surface area contributed by atoms with Gasteiger partial charge in [0.25, 0.3) is 11.8 Å². The molecule has 3 aromatic rings. The second-order valence-corrected chi connectivity index (χ2v) is 11.2. The summed E-state index contributed by atoms with van der Waals surface area (Å²) in [6.45, 7) is 5.25. The molecule has 210 valence electrons. The van der Waals surface area contributed by atoms with Crippen molar-refractivity contribution in [2.24, 2.45) is 5.73 Å². The van der Waals surface area contributed by atoms with Crippen molar-refractivity contribution in [1.82, 2.24) is 4.98 Å². The number of methoxy groups -OCH3 is 1. The molecular weight excluding hydrogens is 538 g/mol. The second kappa shape index (κ2) is 11.5. The molecule has 4 N–H and O–H groups in total. The van der Waals surface area contributed by atoms with Crippen LogP contribution in [0.25, 0.3) is 0 Å². The number of amidine groups is 1. The predicted molar refractivity (Wildman–Crippen MR) is 149 cm³/mol. The summed E-state index contributed by atoms with van der Waals surface area (Å²) < 4.78 is 32.5. The van der Waals surface area contributed by atoms with Crippen molar-refractivity contribution in [3.05, 3.63) is 83.0 Å². The molecule has 2 aromatic carbocycles. The summed E-state index contributed by atoms with van der Waals surface area (Å²) in [6.07, 6.45) is 0.738. The summed E-state index contributed by atoms with van der Waals surface area (Å²) in [4.78, 5) is 45.3. The standard InChI is InChI=1S/C27H29N5O7S/c1-27(2,3)32(25(34)17-7-6-8-18(15-17)26(35)39-40(5,36)37)20-13-14-21(38-4)31-22(20)24(33)30-19-11-9-16(10-12-19)23(28)29/h6-15H,1-5H3,(H3,28,29)(H,30,33). The van der Waals surface area contributed by atoms with Crippen LogP contribution in [0.2, 0.25) is 0 Å². The van der Waals surface area contributed by atoms with Crippen LogP contribution >= 0.6 is 0 Å². The van der Waals surface area contributed by atoms with E-state index >= 15 is 0 Å². The lowest BCUT2D eigenvalue weighted by atomic mass is 10.0. The molecule has 0 unspecified atom stereocenters. The molecule has 13 heteroatoms. The Morgan fingerprint density at radius 3 is 2.15 bits per heavy atom. The summed E-state index contributed by atoms with van der Waals surface area (Å²) >= 11 is 0. The zero-order valence-electron chi connectivity index (χ0n) is 22.5. The van der Waals surface area contributed by atoms with Crippen LogP contribution in [-0.4, -0.2) is 55.9 Å². The second-order valence-electron chi connectivity index (χ2n) is 9.63. The molecule has 0 saturated carbocycles. The number of nitrogen functional groups attached to an aromatic ring is 1. The van der Waals surface area contributed by atoms with Crippen LogP contribution in [0.5, 0.6) is 5.88 Å². The Kier molecular flexibility index (Phi) is 8.58. The highest BCUT2D eigenvalue weighted by atomic mass is 32.2. The lowest BCUT2D eigenvalue weighted by molar-refractivity contribution is 0.0748. The highest BCUT2D eigenvalue weighted by molar-refractivity contribution is 7.86. The summed E-state index contributed by atoms with van der Waals surface area (Å²) in [6, 6.07) is 14.7. The van der Waals surface area contributed by atoms with Crippen LogP contribution < -0.4 is 20.7 Å². The van der Waals surface area contributed by atoms with Crippen molar-refractivity contribution >= 4 is 45.1 Å². The van der Waals surface area contributed by atoms with Crippen molar-refractivity contribution in [1.29, 1.82) is 5.41 Å². The van der Waals surface area contributed by atoms with Gasteiger partial charge in [-0.1, -0.05) is 6.07 Å². The third kappa shape index (κ3) is 7.20. The number of aromatic nitrogens is 1. The Balaban J connectivity index is 2.06. The fourth-order valence-electron chi connectivity index (χ4n) is 3.69. The first-order valence-corrected chi connectivity index (χ1v) is 13.6. The molecule has 1 aromatic heterocycles. The maximum absolute atomic E-state index is 13.9. The van der Waals surface area contributed by atoms with Gasteiger partial charge in [0.15, 0.2) is 5.69 Å². The summed E-state index contributed by atoms with van der Waals surface area (Å²) in [7, 11) is -2.68. The average molecular weight is 568 g/mol. The van der Waals surface area contributed by atoms with Gasteiger partial charge in [-0.25, -0.2) is 9.78 Å². The van der Waals surface area contributed by atoms with Gasteiger partial charge in [-0.15, -0.1) is 0 Å². The Morgan fingerprint density at radius 1 is 0.975 bits per heavy atom. The maximum Gasteiger partial charge on any atom is 0.353 e. The molecule has 0 spiro atoms. The van der Waals surface area contributed by atoms with Crippen molar-refractivity contribution in [2.45, 2.75) is 26.3 Å². The first kappa shape index (κ1) is 29.8. The number of carbonyl (C=O) groups is 3. The van der Waals surface area contributed by atoms with Crippen molar-refractivity contribution in [3.63, 3.8) is 0 Å². The number of nitrogens with zero attached hydrogens (tertiary/aromatic N) is 2. The number of rotatable bonds is 8. The first-order valence-electron chi connectivity index (χ1n) is 11.8. The van der Waals surface area contributed by atoms with Crippen molar-refractivity contribution in [2.75, 3.05) is 23.6 Å². The molecule has 0 saturated heterocycles. The molecule has 3 rings (SSSR count).